The fourth-order valence-corrected chi connectivity index (χ4v) is 2.77. The van der Waals surface area contributed by atoms with Crippen LogP contribution in [0.4, 0.5) is 11.4 Å². The van der Waals surface area contributed by atoms with E-state index in [4.69, 9.17) is 10.5 Å². The van der Waals surface area contributed by atoms with E-state index >= 15 is 0 Å². The van der Waals surface area contributed by atoms with Crippen LogP contribution in [0.15, 0.2) is 30.3 Å². The van der Waals surface area contributed by atoms with Crippen molar-refractivity contribution in [3.8, 4) is 5.75 Å². The van der Waals surface area contributed by atoms with Crippen molar-refractivity contribution in [3.63, 3.8) is 0 Å². The van der Waals surface area contributed by atoms with Gasteiger partial charge < -0.3 is 15.8 Å². The molecule has 0 bridgehead atoms. The van der Waals surface area contributed by atoms with Gasteiger partial charge in [-0.2, -0.15) is 0 Å². The SMILES string of the molecule is CCOc1cc(N)cc(NCc2ccc(CC)s2)c1. The molecule has 0 fully saturated rings. The van der Waals surface area contributed by atoms with E-state index in [1.54, 1.807) is 0 Å². The van der Waals surface area contributed by atoms with Crippen LogP contribution in [-0.2, 0) is 13.0 Å². The monoisotopic (exact) mass is 276 g/mol. The molecular weight excluding hydrogens is 256 g/mol. The average molecular weight is 276 g/mol. The minimum Gasteiger partial charge on any atom is -0.494 e. The molecule has 1 heterocycles. The van der Waals surface area contributed by atoms with Gasteiger partial charge in [-0.05, 0) is 31.5 Å². The summed E-state index contributed by atoms with van der Waals surface area (Å²) in [6, 6.07) is 10.1. The Morgan fingerprint density at radius 3 is 2.63 bits per heavy atom. The van der Waals surface area contributed by atoms with Crippen LogP contribution in [0, 0.1) is 0 Å². The van der Waals surface area contributed by atoms with Crippen LogP contribution in [0.2, 0.25) is 0 Å². The van der Waals surface area contributed by atoms with E-state index in [0.717, 1.165) is 24.4 Å². The third kappa shape index (κ3) is 3.89. The van der Waals surface area contributed by atoms with Crippen LogP contribution in [0.25, 0.3) is 0 Å². The van der Waals surface area contributed by atoms with Crippen molar-refractivity contribution in [2.24, 2.45) is 0 Å². The molecule has 2 rings (SSSR count). The number of nitrogen functional groups attached to an aromatic ring is 1. The van der Waals surface area contributed by atoms with Gasteiger partial charge in [0.05, 0.1) is 6.61 Å². The number of rotatable bonds is 6. The first-order chi connectivity index (χ1) is 9.21. The number of hydrogen-bond donors (Lipinski definition) is 2. The molecule has 102 valence electrons. The molecule has 0 saturated carbocycles. The summed E-state index contributed by atoms with van der Waals surface area (Å²) in [6.07, 6.45) is 1.09. The second-order valence-electron chi connectivity index (χ2n) is 4.30. The number of nitrogens with two attached hydrogens (primary N) is 1. The van der Waals surface area contributed by atoms with Gasteiger partial charge in [0.1, 0.15) is 5.75 Å². The lowest BCUT2D eigenvalue weighted by Crippen LogP contribution is -2.00. The number of benzene rings is 1. The zero-order valence-corrected chi connectivity index (χ0v) is 12.2. The number of hydrogen-bond acceptors (Lipinski definition) is 4. The van der Waals surface area contributed by atoms with Crippen LogP contribution >= 0.6 is 11.3 Å². The maximum atomic E-state index is 5.87. The molecule has 4 heteroatoms. The first-order valence-electron chi connectivity index (χ1n) is 6.56. The van der Waals surface area contributed by atoms with Crippen LogP contribution in [0.1, 0.15) is 23.6 Å². The van der Waals surface area contributed by atoms with Crippen molar-refractivity contribution in [1.82, 2.24) is 0 Å². The van der Waals surface area contributed by atoms with E-state index in [2.05, 4.69) is 24.4 Å². The van der Waals surface area contributed by atoms with Gasteiger partial charge in [-0.3, -0.25) is 0 Å². The van der Waals surface area contributed by atoms with E-state index in [-0.39, 0.29) is 0 Å². The summed E-state index contributed by atoms with van der Waals surface area (Å²) >= 11 is 1.85. The number of nitrogens with one attached hydrogen (secondary N) is 1. The van der Waals surface area contributed by atoms with Gasteiger partial charge in [0, 0.05) is 39.8 Å². The summed E-state index contributed by atoms with van der Waals surface area (Å²) in [5.74, 6) is 0.811. The first-order valence-corrected chi connectivity index (χ1v) is 7.37. The van der Waals surface area contributed by atoms with Gasteiger partial charge in [0.2, 0.25) is 0 Å². The maximum absolute atomic E-state index is 5.87. The number of aryl methyl sites for hydroxylation is 1. The molecule has 2 aromatic rings. The topological polar surface area (TPSA) is 47.3 Å². The average Bonchev–Trinajstić information content (AvgIpc) is 2.84. The summed E-state index contributed by atoms with van der Waals surface area (Å²) in [7, 11) is 0. The summed E-state index contributed by atoms with van der Waals surface area (Å²) in [4.78, 5) is 2.75. The molecule has 0 amide bonds. The van der Waals surface area contributed by atoms with Gasteiger partial charge >= 0.3 is 0 Å². The Hall–Kier alpha value is -1.68. The Morgan fingerprint density at radius 2 is 1.95 bits per heavy atom. The lowest BCUT2D eigenvalue weighted by Gasteiger charge is -2.09. The van der Waals surface area contributed by atoms with E-state index < -0.39 is 0 Å². The van der Waals surface area contributed by atoms with Crippen LogP contribution in [-0.4, -0.2) is 6.61 Å². The number of ether oxygens (including phenoxy) is 1. The molecule has 1 aromatic heterocycles. The van der Waals surface area contributed by atoms with Gasteiger partial charge in [-0.15, -0.1) is 11.3 Å². The molecule has 0 aliphatic carbocycles. The van der Waals surface area contributed by atoms with Gasteiger partial charge in [0.15, 0.2) is 0 Å². The van der Waals surface area contributed by atoms with Crippen molar-refractivity contribution in [3.05, 3.63) is 40.1 Å². The molecule has 1 aromatic carbocycles. The van der Waals surface area contributed by atoms with Gasteiger partial charge in [-0.25, -0.2) is 0 Å². The molecule has 3 nitrogen and oxygen atoms in total. The van der Waals surface area contributed by atoms with Crippen LogP contribution in [0.3, 0.4) is 0 Å². The fourth-order valence-electron chi connectivity index (χ4n) is 1.87. The van der Waals surface area contributed by atoms with Gasteiger partial charge in [0.25, 0.3) is 0 Å². The molecule has 0 radical (unpaired) electrons. The third-order valence-electron chi connectivity index (χ3n) is 2.77. The highest BCUT2D eigenvalue weighted by atomic mass is 32.1. The molecule has 19 heavy (non-hydrogen) atoms. The molecule has 0 spiro atoms. The number of anilines is 2. The molecule has 0 aliphatic heterocycles. The fraction of sp³-hybridized carbons (Fsp3) is 0.333. The van der Waals surface area contributed by atoms with Crippen molar-refractivity contribution >= 4 is 22.7 Å². The third-order valence-corrected chi connectivity index (χ3v) is 4.00. The van der Waals surface area contributed by atoms with Crippen molar-refractivity contribution in [2.45, 2.75) is 26.8 Å². The van der Waals surface area contributed by atoms with E-state index in [1.165, 1.54) is 9.75 Å². The zero-order valence-electron chi connectivity index (χ0n) is 11.4. The lowest BCUT2D eigenvalue weighted by atomic mass is 10.2. The highest BCUT2D eigenvalue weighted by molar-refractivity contribution is 7.12. The summed E-state index contributed by atoms with van der Waals surface area (Å²) < 4.78 is 5.48. The van der Waals surface area contributed by atoms with E-state index in [0.29, 0.717) is 12.3 Å². The van der Waals surface area contributed by atoms with E-state index in [9.17, 15) is 0 Å². The normalized spacial score (nSPS) is 10.4. The summed E-state index contributed by atoms with van der Waals surface area (Å²) in [5.41, 5.74) is 7.58. The van der Waals surface area contributed by atoms with Crippen LogP contribution in [0.5, 0.6) is 5.75 Å². The van der Waals surface area contributed by atoms with Crippen LogP contribution < -0.4 is 15.8 Å². The minimum atomic E-state index is 0.647. The van der Waals surface area contributed by atoms with Crippen molar-refractivity contribution < 1.29 is 4.74 Å². The maximum Gasteiger partial charge on any atom is 0.123 e. The predicted molar refractivity (Wildman–Crippen MR) is 83.0 cm³/mol. The Labute approximate surface area is 118 Å². The second kappa shape index (κ2) is 6.48. The van der Waals surface area contributed by atoms with Gasteiger partial charge in [-0.1, -0.05) is 6.92 Å². The molecule has 0 saturated heterocycles. The van der Waals surface area contributed by atoms with Crippen molar-refractivity contribution in [1.29, 1.82) is 0 Å². The number of thiophene rings is 1. The molecule has 0 unspecified atom stereocenters. The summed E-state index contributed by atoms with van der Waals surface area (Å²) in [5, 5.41) is 3.39. The Bertz CT molecular complexity index is 537. The lowest BCUT2D eigenvalue weighted by molar-refractivity contribution is 0.340. The Kier molecular flexibility index (Phi) is 4.68. The Morgan fingerprint density at radius 1 is 1.16 bits per heavy atom. The standard InChI is InChI=1S/C15H20N2OS/c1-3-14-5-6-15(19-14)10-17-12-7-11(16)8-13(9-12)18-4-2/h5-9,17H,3-4,10,16H2,1-2H3. The quantitative estimate of drug-likeness (QED) is 0.787. The molecular formula is C15H20N2OS. The van der Waals surface area contributed by atoms with E-state index in [1.807, 2.05) is 36.5 Å². The molecule has 3 N–H and O–H groups in total. The second-order valence-corrected chi connectivity index (χ2v) is 5.55. The first kappa shape index (κ1) is 13.7. The Balaban J connectivity index is 2.02. The zero-order chi connectivity index (χ0) is 13.7. The van der Waals surface area contributed by atoms with Crippen molar-refractivity contribution in [2.75, 3.05) is 17.7 Å². The summed E-state index contributed by atoms with van der Waals surface area (Å²) in [6.45, 7) is 5.61. The highest BCUT2D eigenvalue weighted by Gasteiger charge is 2.02. The smallest absolute Gasteiger partial charge is 0.123 e. The largest absolute Gasteiger partial charge is 0.494 e. The highest BCUT2D eigenvalue weighted by Crippen LogP contribution is 2.24. The predicted octanol–water partition coefficient (Wildman–Crippen LogP) is 3.90. The molecule has 0 atom stereocenters. The minimum absolute atomic E-state index is 0.647. The molecule has 0 aliphatic rings.